The molecule has 45 heavy (non-hydrogen) atoms. The van der Waals surface area contributed by atoms with Gasteiger partial charge in [-0.2, -0.15) is 8.42 Å². The lowest BCUT2D eigenvalue weighted by Crippen LogP contribution is -2.47. The van der Waals surface area contributed by atoms with Crippen molar-refractivity contribution in [2.45, 2.75) is 88.9 Å². The number of nitrogens with two attached hydrogens (primary N) is 1. The smallest absolute Gasteiger partial charge is 0.306 e. The summed E-state index contributed by atoms with van der Waals surface area (Å²) in [5.74, 6) is -6.79. The topological polar surface area (TPSA) is 172 Å². The Bertz CT molecular complexity index is 1610. The van der Waals surface area contributed by atoms with Gasteiger partial charge in [-0.05, 0) is 38.8 Å². The molecule has 0 spiro atoms. The Morgan fingerprint density at radius 2 is 1.62 bits per heavy atom. The number of aromatic nitrogens is 4. The van der Waals surface area contributed by atoms with Crippen molar-refractivity contribution >= 4 is 27.1 Å². The van der Waals surface area contributed by atoms with Gasteiger partial charge >= 0.3 is 11.8 Å². The third-order valence-corrected chi connectivity index (χ3v) is 10.2. The van der Waals surface area contributed by atoms with Crippen LogP contribution in [-0.4, -0.2) is 81.7 Å². The average molecular weight is 664 g/mol. The number of benzene rings is 1. The number of alkyl halides is 4. The van der Waals surface area contributed by atoms with Crippen LogP contribution in [0.4, 0.5) is 23.4 Å². The van der Waals surface area contributed by atoms with Crippen LogP contribution in [0.15, 0.2) is 41.8 Å². The van der Waals surface area contributed by atoms with E-state index in [-0.39, 0.29) is 28.3 Å². The van der Waals surface area contributed by atoms with Gasteiger partial charge in [0.25, 0.3) is 10.1 Å². The molecule has 12 nitrogen and oxygen atoms in total. The zero-order valence-electron chi connectivity index (χ0n) is 25.3. The minimum absolute atomic E-state index is 0.0636. The lowest BCUT2D eigenvalue weighted by Gasteiger charge is -2.33. The molecule has 3 unspecified atom stereocenters. The monoisotopic (exact) mass is 663 g/mol. The molecular weight excluding hydrogens is 626 g/mol. The second-order valence-electron chi connectivity index (χ2n) is 11.6. The maximum absolute atomic E-state index is 14.8. The Labute approximate surface area is 257 Å². The standard InChI is InChI=1S/C16H22F2O4S.C12H15F2N5O3/c1-5-13-15(4,6-2)16(17,18)14(21-13)22-23(19,20)12-9-7-11(3)8-10-12;1-11(3-21)6(2-20)22-10(12(11,13)14)19-5-18-7-8(15)16-4-17-9(7)19/h7-10,13-14H,5-6H2,1-4H3;4-6,10,20-21H,2-3H2,1H3,(H2,15,16,17)/t13-,14?,15?;6-,10-,11?/m11/s1. The van der Waals surface area contributed by atoms with E-state index >= 15 is 0 Å². The van der Waals surface area contributed by atoms with Gasteiger partial charge in [0, 0.05) is 0 Å². The maximum atomic E-state index is 14.8. The highest BCUT2D eigenvalue weighted by Gasteiger charge is 2.68. The molecule has 17 heteroatoms. The highest BCUT2D eigenvalue weighted by molar-refractivity contribution is 7.86. The van der Waals surface area contributed by atoms with Gasteiger partial charge in [-0.25, -0.2) is 36.7 Å². The molecular formula is C28H37F4N5O7S. The summed E-state index contributed by atoms with van der Waals surface area (Å²) in [6, 6.07) is 5.81. The summed E-state index contributed by atoms with van der Waals surface area (Å²) in [6.07, 6.45) is -3.09. The fraction of sp³-hybridized carbons (Fsp3) is 0.607. The van der Waals surface area contributed by atoms with Crippen LogP contribution in [-0.2, 0) is 23.8 Å². The van der Waals surface area contributed by atoms with E-state index in [1.165, 1.54) is 19.1 Å². The van der Waals surface area contributed by atoms with E-state index in [0.717, 1.165) is 29.7 Å². The fourth-order valence-corrected chi connectivity index (χ4v) is 6.44. The molecule has 2 fully saturated rings. The van der Waals surface area contributed by atoms with Gasteiger partial charge in [-0.15, -0.1) is 0 Å². The van der Waals surface area contributed by atoms with Gasteiger partial charge in [0.15, 0.2) is 11.5 Å². The van der Waals surface area contributed by atoms with Crippen LogP contribution in [0.3, 0.4) is 0 Å². The van der Waals surface area contributed by atoms with Gasteiger partial charge in [-0.3, -0.25) is 4.57 Å². The number of aryl methyl sites for hydroxylation is 1. The molecule has 250 valence electrons. The Kier molecular flexibility index (Phi) is 9.57. The Hall–Kier alpha value is -2.96. The summed E-state index contributed by atoms with van der Waals surface area (Å²) in [5, 5.41) is 18.7. The lowest BCUT2D eigenvalue weighted by atomic mass is 9.76. The number of fused-ring (bicyclic) bond motifs is 1. The normalized spacial score (nSPS) is 30.7. The lowest BCUT2D eigenvalue weighted by molar-refractivity contribution is -0.186. The number of aliphatic hydroxyl groups is 2. The number of hydrogen-bond acceptors (Lipinski definition) is 11. The van der Waals surface area contributed by atoms with Crippen molar-refractivity contribution in [2.24, 2.45) is 10.8 Å². The predicted octanol–water partition coefficient (Wildman–Crippen LogP) is 3.82. The molecule has 4 N–H and O–H groups in total. The van der Waals surface area contributed by atoms with Gasteiger partial charge in [0.1, 0.15) is 11.8 Å². The first-order valence-electron chi connectivity index (χ1n) is 14.2. The largest absolute Gasteiger partial charge is 0.395 e. The van der Waals surface area contributed by atoms with Crippen LogP contribution in [0.25, 0.3) is 11.2 Å². The molecule has 4 heterocycles. The van der Waals surface area contributed by atoms with Crippen LogP contribution in [0.2, 0.25) is 0 Å². The molecule has 2 aliphatic rings. The fourth-order valence-electron chi connectivity index (χ4n) is 5.46. The zero-order chi connectivity index (χ0) is 33.6. The highest BCUT2D eigenvalue weighted by atomic mass is 32.2. The average Bonchev–Trinajstić information content (AvgIpc) is 3.57. The SMILES string of the molecule is CC1(CO)[C@@H](CO)O[C@@H](n2cnc3c(N)ncnc32)C1(F)F.CC[C@H]1OC(OS(=O)(=O)c2ccc(C)cc2)C(F)(F)C1(C)CC. The molecule has 6 atom stereocenters. The van der Waals surface area contributed by atoms with Crippen LogP contribution < -0.4 is 5.73 Å². The second kappa shape index (κ2) is 12.3. The molecule has 2 aromatic heterocycles. The number of nitrogen functional groups attached to an aromatic ring is 1. The molecule has 1 aromatic carbocycles. The van der Waals surface area contributed by atoms with Crippen molar-refractivity contribution in [1.82, 2.24) is 19.5 Å². The van der Waals surface area contributed by atoms with E-state index < -0.39 is 70.7 Å². The summed E-state index contributed by atoms with van der Waals surface area (Å²) in [4.78, 5) is 11.4. The number of halogens is 4. The Morgan fingerprint density at radius 1 is 0.978 bits per heavy atom. The van der Waals surface area contributed by atoms with Crippen molar-refractivity contribution in [2.75, 3.05) is 18.9 Å². The van der Waals surface area contributed by atoms with Gasteiger partial charge in [0.2, 0.25) is 12.5 Å². The molecule has 2 saturated heterocycles. The maximum Gasteiger partial charge on any atom is 0.306 e. The predicted molar refractivity (Wildman–Crippen MR) is 153 cm³/mol. The Morgan fingerprint density at radius 3 is 2.13 bits per heavy atom. The third-order valence-electron chi connectivity index (χ3n) is 8.89. The minimum atomic E-state index is -4.33. The summed E-state index contributed by atoms with van der Waals surface area (Å²) in [6.45, 7) is 6.24. The summed E-state index contributed by atoms with van der Waals surface area (Å²) in [5.41, 5.74) is 3.37. The number of nitrogens with zero attached hydrogens (tertiary/aromatic N) is 4. The first-order chi connectivity index (χ1) is 20.9. The minimum Gasteiger partial charge on any atom is -0.395 e. The van der Waals surface area contributed by atoms with Crippen molar-refractivity contribution in [3.63, 3.8) is 0 Å². The van der Waals surface area contributed by atoms with Crippen molar-refractivity contribution in [3.8, 4) is 0 Å². The quantitative estimate of drug-likeness (QED) is 0.236. The first kappa shape index (κ1) is 34.9. The van der Waals surface area contributed by atoms with E-state index in [4.69, 9.17) is 19.4 Å². The number of hydrogen-bond donors (Lipinski definition) is 3. The van der Waals surface area contributed by atoms with Crippen molar-refractivity contribution < 1.29 is 49.8 Å². The van der Waals surface area contributed by atoms with Crippen LogP contribution >= 0.6 is 0 Å². The van der Waals surface area contributed by atoms with Crippen molar-refractivity contribution in [3.05, 3.63) is 42.5 Å². The number of imidazole rings is 1. The van der Waals surface area contributed by atoms with Crippen LogP contribution in [0.1, 0.15) is 52.3 Å². The molecule has 3 aromatic rings. The number of ether oxygens (including phenoxy) is 2. The van der Waals surface area contributed by atoms with E-state index in [1.807, 2.05) is 0 Å². The van der Waals surface area contributed by atoms with Gasteiger partial charge in [-0.1, -0.05) is 38.5 Å². The third kappa shape index (κ3) is 5.67. The zero-order valence-corrected chi connectivity index (χ0v) is 26.1. The summed E-state index contributed by atoms with van der Waals surface area (Å²) >= 11 is 0. The summed E-state index contributed by atoms with van der Waals surface area (Å²) < 4.78 is 99.8. The van der Waals surface area contributed by atoms with E-state index in [1.54, 1.807) is 32.9 Å². The Balaban J connectivity index is 0.000000205. The molecule has 0 amide bonds. The first-order valence-corrected chi connectivity index (χ1v) is 15.6. The molecule has 0 aliphatic carbocycles. The van der Waals surface area contributed by atoms with Gasteiger partial charge in [0.05, 0.1) is 47.5 Å². The van der Waals surface area contributed by atoms with E-state index in [2.05, 4.69) is 15.0 Å². The number of aliphatic hydroxyl groups excluding tert-OH is 2. The van der Waals surface area contributed by atoms with Crippen LogP contribution in [0.5, 0.6) is 0 Å². The van der Waals surface area contributed by atoms with Crippen LogP contribution in [0, 0.1) is 17.8 Å². The molecule has 5 rings (SSSR count). The van der Waals surface area contributed by atoms with E-state index in [0.29, 0.717) is 6.42 Å². The number of rotatable bonds is 8. The summed E-state index contributed by atoms with van der Waals surface area (Å²) in [7, 11) is -4.33. The highest BCUT2D eigenvalue weighted by Crippen LogP contribution is 2.55. The molecule has 2 aliphatic heterocycles. The molecule has 0 radical (unpaired) electrons. The van der Waals surface area contributed by atoms with Crippen molar-refractivity contribution in [1.29, 1.82) is 0 Å². The van der Waals surface area contributed by atoms with Gasteiger partial charge < -0.3 is 25.4 Å². The molecule has 0 bridgehead atoms. The second-order valence-corrected chi connectivity index (χ2v) is 13.1. The van der Waals surface area contributed by atoms with E-state index in [9.17, 15) is 36.2 Å². The number of anilines is 1. The molecule has 0 saturated carbocycles.